The van der Waals surface area contributed by atoms with Gasteiger partial charge >= 0.3 is 0 Å². The van der Waals surface area contributed by atoms with Gasteiger partial charge in [-0.1, -0.05) is 17.7 Å². The van der Waals surface area contributed by atoms with Crippen LogP contribution in [0, 0.1) is 18.6 Å². The normalized spacial score (nSPS) is 15.2. The van der Waals surface area contributed by atoms with Gasteiger partial charge in [-0.15, -0.1) is 0 Å². The predicted octanol–water partition coefficient (Wildman–Crippen LogP) is 4.53. The zero-order valence-electron chi connectivity index (χ0n) is 16.2. The van der Waals surface area contributed by atoms with Crippen LogP contribution in [0.1, 0.15) is 47.4 Å². The Balaban J connectivity index is 1.77. The molecule has 3 aromatic rings. The molecule has 1 aliphatic carbocycles. The van der Waals surface area contributed by atoms with Crippen molar-refractivity contribution in [2.75, 3.05) is 11.6 Å². The van der Waals surface area contributed by atoms with Crippen molar-refractivity contribution >= 4 is 27.3 Å². The third kappa shape index (κ3) is 4.17. The summed E-state index contributed by atoms with van der Waals surface area (Å²) in [6.07, 6.45) is 4.71. The molecule has 0 radical (unpaired) electrons. The van der Waals surface area contributed by atoms with Crippen LogP contribution in [-0.2, 0) is 9.84 Å². The first kappa shape index (κ1) is 20.7. The lowest BCUT2D eigenvalue weighted by Crippen LogP contribution is -2.16. The van der Waals surface area contributed by atoms with Crippen LogP contribution in [0.2, 0.25) is 5.02 Å². The number of imidazole rings is 1. The third-order valence-electron chi connectivity index (χ3n) is 4.95. The number of H-pyrrole nitrogens is 1. The number of sulfone groups is 1. The number of aromatic nitrogens is 3. The van der Waals surface area contributed by atoms with Crippen molar-refractivity contribution < 1.29 is 17.2 Å². The van der Waals surface area contributed by atoms with E-state index < -0.39 is 27.5 Å². The summed E-state index contributed by atoms with van der Waals surface area (Å²) in [7, 11) is -3.58. The van der Waals surface area contributed by atoms with Gasteiger partial charge in [0.25, 0.3) is 0 Å². The van der Waals surface area contributed by atoms with Gasteiger partial charge in [-0.2, -0.15) is 0 Å². The molecule has 0 bridgehead atoms. The second-order valence-corrected chi connectivity index (χ2v) is 9.79. The predicted molar refractivity (Wildman–Crippen MR) is 109 cm³/mol. The molecule has 1 unspecified atom stereocenters. The summed E-state index contributed by atoms with van der Waals surface area (Å²) in [4.78, 5) is 11.3. The Morgan fingerprint density at radius 1 is 1.23 bits per heavy atom. The van der Waals surface area contributed by atoms with E-state index in [-0.39, 0.29) is 21.7 Å². The minimum absolute atomic E-state index is 0.0280. The zero-order chi connectivity index (χ0) is 21.6. The molecule has 158 valence electrons. The van der Waals surface area contributed by atoms with Crippen LogP contribution < -0.4 is 5.32 Å². The topological polar surface area (TPSA) is 87.7 Å². The van der Waals surface area contributed by atoms with Crippen LogP contribution in [0.5, 0.6) is 0 Å². The Hall–Kier alpha value is -2.52. The molecule has 0 saturated heterocycles. The maximum absolute atomic E-state index is 14.7. The van der Waals surface area contributed by atoms with Crippen molar-refractivity contribution in [1.29, 1.82) is 0 Å². The van der Waals surface area contributed by atoms with Gasteiger partial charge in [0.2, 0.25) is 0 Å². The van der Waals surface area contributed by atoms with Crippen LogP contribution in [0.25, 0.3) is 0 Å². The molecule has 4 rings (SSSR count). The summed E-state index contributed by atoms with van der Waals surface area (Å²) in [6.45, 7) is 1.57. The molecule has 1 atom stereocenters. The Labute approximate surface area is 177 Å². The van der Waals surface area contributed by atoms with Crippen molar-refractivity contribution in [2.24, 2.45) is 0 Å². The number of halogens is 3. The van der Waals surface area contributed by atoms with E-state index in [1.807, 2.05) is 0 Å². The second-order valence-electron chi connectivity index (χ2n) is 7.45. The molecule has 30 heavy (non-hydrogen) atoms. The fourth-order valence-corrected chi connectivity index (χ4v) is 4.36. The quantitative estimate of drug-likeness (QED) is 0.573. The van der Waals surface area contributed by atoms with E-state index >= 15 is 0 Å². The van der Waals surface area contributed by atoms with Crippen LogP contribution >= 0.6 is 11.6 Å². The number of hydrogen-bond acceptors (Lipinski definition) is 5. The number of anilines is 1. The third-order valence-corrected chi connectivity index (χ3v) is 6.34. The molecule has 2 heterocycles. The highest BCUT2D eigenvalue weighted by molar-refractivity contribution is 7.90. The smallest absolute Gasteiger partial charge is 0.194 e. The Bertz CT molecular complexity index is 1230. The fraction of sp³-hybridized carbons (Fsp3) is 0.300. The first-order valence-corrected chi connectivity index (χ1v) is 11.5. The molecule has 2 aromatic heterocycles. The molecule has 1 aliphatic rings. The van der Waals surface area contributed by atoms with Crippen molar-refractivity contribution in [3.05, 3.63) is 69.8 Å². The molecule has 1 saturated carbocycles. The summed E-state index contributed by atoms with van der Waals surface area (Å²) >= 11 is 5.93. The second kappa shape index (κ2) is 7.63. The zero-order valence-corrected chi connectivity index (χ0v) is 17.8. The van der Waals surface area contributed by atoms with E-state index in [0.717, 1.165) is 24.7 Å². The SMILES string of the molecule is Cc1[nH]c(C(Nc2ncc(C3CC3)cc2F)c2ccc(F)c(Cl)c2)nc1S(C)(=O)=O. The summed E-state index contributed by atoms with van der Waals surface area (Å²) in [5, 5.41) is 2.71. The lowest BCUT2D eigenvalue weighted by Gasteiger charge is -2.19. The number of nitrogens with one attached hydrogen (secondary N) is 2. The van der Waals surface area contributed by atoms with Crippen molar-refractivity contribution in [3.8, 4) is 0 Å². The molecule has 1 fully saturated rings. The summed E-state index contributed by atoms with van der Waals surface area (Å²) < 4.78 is 52.4. The summed E-state index contributed by atoms with van der Waals surface area (Å²) in [5.41, 5.74) is 1.64. The minimum Gasteiger partial charge on any atom is -0.354 e. The van der Waals surface area contributed by atoms with Gasteiger partial charge in [0.05, 0.1) is 10.7 Å². The van der Waals surface area contributed by atoms with Gasteiger partial charge in [0.1, 0.15) is 17.7 Å². The van der Waals surface area contributed by atoms with Crippen LogP contribution in [0.15, 0.2) is 35.5 Å². The van der Waals surface area contributed by atoms with Crippen LogP contribution in [-0.4, -0.2) is 29.6 Å². The molecule has 6 nitrogen and oxygen atoms in total. The lowest BCUT2D eigenvalue weighted by atomic mass is 10.1. The average Bonchev–Trinajstić information content (AvgIpc) is 3.44. The summed E-state index contributed by atoms with van der Waals surface area (Å²) in [5.74, 6) is -0.616. The molecule has 1 aromatic carbocycles. The molecule has 0 spiro atoms. The monoisotopic (exact) mass is 452 g/mol. The Morgan fingerprint density at radius 3 is 2.53 bits per heavy atom. The first-order valence-electron chi connectivity index (χ1n) is 9.27. The number of pyridine rings is 1. The highest BCUT2D eigenvalue weighted by Gasteiger charge is 2.27. The number of aryl methyl sites for hydroxylation is 1. The van der Waals surface area contributed by atoms with E-state index in [2.05, 4.69) is 20.3 Å². The first-order chi connectivity index (χ1) is 14.1. The van der Waals surface area contributed by atoms with Crippen molar-refractivity contribution in [2.45, 2.75) is 36.8 Å². The van der Waals surface area contributed by atoms with E-state index in [1.165, 1.54) is 24.3 Å². The minimum atomic E-state index is -3.58. The molecule has 0 aliphatic heterocycles. The fourth-order valence-electron chi connectivity index (χ4n) is 3.30. The molecular weight excluding hydrogens is 434 g/mol. The summed E-state index contributed by atoms with van der Waals surface area (Å²) in [6, 6.07) is 4.62. The Kier molecular flexibility index (Phi) is 5.27. The van der Waals surface area contributed by atoms with Gasteiger partial charge in [0, 0.05) is 12.5 Å². The van der Waals surface area contributed by atoms with Crippen LogP contribution in [0.4, 0.5) is 14.6 Å². The van der Waals surface area contributed by atoms with Gasteiger partial charge in [-0.05, 0) is 55.0 Å². The van der Waals surface area contributed by atoms with Crippen molar-refractivity contribution in [1.82, 2.24) is 15.0 Å². The number of aromatic amines is 1. The molecular formula is C20H19ClF2N4O2S. The highest BCUT2D eigenvalue weighted by atomic mass is 35.5. The van der Waals surface area contributed by atoms with Gasteiger partial charge in [0.15, 0.2) is 26.5 Å². The lowest BCUT2D eigenvalue weighted by molar-refractivity contribution is 0.597. The highest BCUT2D eigenvalue weighted by Crippen LogP contribution is 2.40. The number of hydrogen-bond donors (Lipinski definition) is 2. The standard InChI is InChI=1S/C20H19ClF2N4O2S/c1-10-20(30(2,28)29)27-19(25-10)17(12-5-6-15(22)14(21)7-12)26-18-16(23)8-13(9-24-18)11-3-4-11/h5-9,11,17H,3-4H2,1-2H3,(H,24,26)(H,25,27). The van der Waals surface area contributed by atoms with Gasteiger partial charge < -0.3 is 10.3 Å². The molecule has 10 heteroatoms. The maximum Gasteiger partial charge on any atom is 0.194 e. The van der Waals surface area contributed by atoms with E-state index in [0.29, 0.717) is 17.2 Å². The number of benzene rings is 1. The Morgan fingerprint density at radius 2 is 1.97 bits per heavy atom. The number of nitrogens with zero attached hydrogens (tertiary/aromatic N) is 2. The van der Waals surface area contributed by atoms with Crippen molar-refractivity contribution in [3.63, 3.8) is 0 Å². The van der Waals surface area contributed by atoms with Crippen LogP contribution in [0.3, 0.4) is 0 Å². The maximum atomic E-state index is 14.7. The van der Waals surface area contributed by atoms with Gasteiger partial charge in [-0.25, -0.2) is 27.2 Å². The molecule has 0 amide bonds. The largest absolute Gasteiger partial charge is 0.354 e. The van der Waals surface area contributed by atoms with E-state index in [9.17, 15) is 17.2 Å². The van der Waals surface area contributed by atoms with E-state index in [4.69, 9.17) is 11.6 Å². The molecule has 2 N–H and O–H groups in total. The van der Waals surface area contributed by atoms with E-state index in [1.54, 1.807) is 13.1 Å². The average molecular weight is 453 g/mol. The van der Waals surface area contributed by atoms with Gasteiger partial charge in [-0.3, -0.25) is 0 Å². The number of rotatable bonds is 6.